The molecule has 0 spiro atoms. The lowest BCUT2D eigenvalue weighted by Crippen LogP contribution is -2.34. The third-order valence-corrected chi connectivity index (χ3v) is 4.67. The van der Waals surface area contributed by atoms with Gasteiger partial charge in [-0.1, -0.05) is 48.5 Å². The topological polar surface area (TPSA) is 73.2 Å². The zero-order valence-electron chi connectivity index (χ0n) is 17.3. The number of aromatic nitrogens is 2. The summed E-state index contributed by atoms with van der Waals surface area (Å²) in [5, 5.41) is 7.37. The number of hydrogen-bond donors (Lipinski definition) is 1. The van der Waals surface area contributed by atoms with Crippen LogP contribution in [0.25, 0.3) is 11.8 Å². The largest absolute Gasteiger partial charge is 0.464 e. The molecule has 0 aliphatic rings. The van der Waals surface area contributed by atoms with Gasteiger partial charge in [-0.25, -0.2) is 9.48 Å². The second kappa shape index (κ2) is 9.69. The van der Waals surface area contributed by atoms with Crippen molar-refractivity contribution < 1.29 is 14.3 Å². The molecular formula is C24H25N3O3. The van der Waals surface area contributed by atoms with Crippen LogP contribution in [-0.2, 0) is 14.3 Å². The first kappa shape index (κ1) is 21.0. The van der Waals surface area contributed by atoms with Crippen LogP contribution < -0.4 is 5.32 Å². The number of benzene rings is 2. The van der Waals surface area contributed by atoms with Crippen LogP contribution in [0.15, 0.2) is 66.7 Å². The van der Waals surface area contributed by atoms with E-state index in [4.69, 9.17) is 4.74 Å². The first-order chi connectivity index (χ1) is 14.5. The molecule has 0 aliphatic carbocycles. The molecule has 1 N–H and O–H groups in total. The van der Waals surface area contributed by atoms with Crippen molar-refractivity contribution in [2.24, 2.45) is 0 Å². The van der Waals surface area contributed by atoms with Crippen molar-refractivity contribution in [3.8, 4) is 5.69 Å². The minimum atomic E-state index is -0.949. The van der Waals surface area contributed by atoms with Crippen molar-refractivity contribution in [1.29, 1.82) is 0 Å². The zero-order chi connectivity index (χ0) is 21.5. The molecular weight excluding hydrogens is 378 g/mol. The van der Waals surface area contributed by atoms with Gasteiger partial charge < -0.3 is 10.1 Å². The standard InChI is InChI=1S/C24H25N3O3/c1-4-30-24(29)23(25-21(28)16-15-19-11-7-5-8-12-19)22-17(2)26-27(18(22)3)20-13-9-6-10-14-20/h5-16,23H,4H2,1-3H3,(H,25,28)/b16-15+/t23-/m1/s1. The Morgan fingerprint density at radius 1 is 1.07 bits per heavy atom. The molecule has 154 valence electrons. The third-order valence-electron chi connectivity index (χ3n) is 4.67. The molecule has 0 radical (unpaired) electrons. The van der Waals surface area contributed by atoms with Crippen LogP contribution in [0.5, 0.6) is 0 Å². The number of esters is 1. The van der Waals surface area contributed by atoms with Gasteiger partial charge in [0.1, 0.15) is 0 Å². The number of rotatable bonds is 7. The van der Waals surface area contributed by atoms with Crippen LogP contribution in [0.3, 0.4) is 0 Å². The molecule has 2 aromatic carbocycles. The highest BCUT2D eigenvalue weighted by atomic mass is 16.5. The Balaban J connectivity index is 1.91. The predicted octanol–water partition coefficient (Wildman–Crippen LogP) is 3.92. The molecule has 0 aliphatic heterocycles. The number of ether oxygens (including phenoxy) is 1. The van der Waals surface area contributed by atoms with E-state index in [1.54, 1.807) is 17.7 Å². The Kier molecular flexibility index (Phi) is 6.80. The molecule has 6 nitrogen and oxygen atoms in total. The smallest absolute Gasteiger partial charge is 0.333 e. The number of carbonyl (C=O) groups excluding carboxylic acids is 2. The number of carbonyl (C=O) groups is 2. The van der Waals surface area contributed by atoms with E-state index in [0.29, 0.717) is 11.3 Å². The molecule has 1 heterocycles. The number of para-hydroxylation sites is 1. The first-order valence-corrected chi connectivity index (χ1v) is 9.83. The van der Waals surface area contributed by atoms with E-state index in [1.165, 1.54) is 6.08 Å². The van der Waals surface area contributed by atoms with E-state index in [2.05, 4.69) is 10.4 Å². The fraction of sp³-hybridized carbons (Fsp3) is 0.208. The van der Waals surface area contributed by atoms with Crippen molar-refractivity contribution in [2.75, 3.05) is 6.61 Å². The van der Waals surface area contributed by atoms with Gasteiger partial charge in [-0.05, 0) is 44.5 Å². The molecule has 0 unspecified atom stereocenters. The van der Waals surface area contributed by atoms with Crippen molar-refractivity contribution in [3.05, 3.63) is 89.3 Å². The second-order valence-electron chi connectivity index (χ2n) is 6.77. The SMILES string of the molecule is CCOC(=O)[C@H](NC(=O)/C=C/c1ccccc1)c1c(C)nn(-c2ccccc2)c1C. The molecule has 6 heteroatoms. The Morgan fingerprint density at radius 2 is 1.70 bits per heavy atom. The minimum absolute atomic E-state index is 0.218. The Bertz CT molecular complexity index is 1040. The Labute approximate surface area is 176 Å². The zero-order valence-corrected chi connectivity index (χ0v) is 17.3. The molecule has 30 heavy (non-hydrogen) atoms. The van der Waals surface area contributed by atoms with Gasteiger partial charge in [0, 0.05) is 17.3 Å². The van der Waals surface area contributed by atoms with Crippen LogP contribution >= 0.6 is 0 Å². The first-order valence-electron chi connectivity index (χ1n) is 9.83. The molecule has 3 aromatic rings. The van der Waals surface area contributed by atoms with Gasteiger partial charge in [0.05, 0.1) is 18.0 Å². The van der Waals surface area contributed by atoms with E-state index in [-0.39, 0.29) is 12.5 Å². The summed E-state index contributed by atoms with van der Waals surface area (Å²) in [6, 6.07) is 18.2. The van der Waals surface area contributed by atoms with Gasteiger partial charge in [0.2, 0.25) is 5.91 Å². The van der Waals surface area contributed by atoms with Gasteiger partial charge in [-0.2, -0.15) is 5.10 Å². The van der Waals surface area contributed by atoms with Gasteiger partial charge in [-0.15, -0.1) is 0 Å². The molecule has 0 bridgehead atoms. The van der Waals surface area contributed by atoms with E-state index in [9.17, 15) is 9.59 Å². The van der Waals surface area contributed by atoms with Gasteiger partial charge in [-0.3, -0.25) is 4.79 Å². The summed E-state index contributed by atoms with van der Waals surface area (Å²) in [6.07, 6.45) is 3.11. The fourth-order valence-corrected chi connectivity index (χ4v) is 3.29. The van der Waals surface area contributed by atoms with E-state index in [0.717, 1.165) is 16.9 Å². The maximum atomic E-state index is 12.7. The second-order valence-corrected chi connectivity index (χ2v) is 6.77. The highest BCUT2D eigenvalue weighted by Gasteiger charge is 2.30. The van der Waals surface area contributed by atoms with Gasteiger partial charge >= 0.3 is 5.97 Å². The van der Waals surface area contributed by atoms with Crippen LogP contribution in [0.1, 0.15) is 35.5 Å². The van der Waals surface area contributed by atoms with E-state index < -0.39 is 12.0 Å². The lowest BCUT2D eigenvalue weighted by atomic mass is 10.0. The number of amides is 1. The summed E-state index contributed by atoms with van der Waals surface area (Å²) in [7, 11) is 0. The van der Waals surface area contributed by atoms with Gasteiger partial charge in [0.25, 0.3) is 0 Å². The monoisotopic (exact) mass is 403 g/mol. The average molecular weight is 403 g/mol. The minimum Gasteiger partial charge on any atom is -0.464 e. The number of nitrogens with zero attached hydrogens (tertiary/aromatic N) is 2. The summed E-state index contributed by atoms with van der Waals surface area (Å²) < 4.78 is 7.00. The maximum absolute atomic E-state index is 12.7. The van der Waals surface area contributed by atoms with Crippen molar-refractivity contribution in [3.63, 3.8) is 0 Å². The van der Waals surface area contributed by atoms with Crippen molar-refractivity contribution in [2.45, 2.75) is 26.8 Å². The average Bonchev–Trinajstić information content (AvgIpc) is 3.06. The fourth-order valence-electron chi connectivity index (χ4n) is 3.29. The van der Waals surface area contributed by atoms with Crippen LogP contribution in [0, 0.1) is 13.8 Å². The summed E-state index contributed by atoms with van der Waals surface area (Å²) >= 11 is 0. The summed E-state index contributed by atoms with van der Waals surface area (Å²) in [5.74, 6) is -0.902. The highest BCUT2D eigenvalue weighted by Crippen LogP contribution is 2.25. The lowest BCUT2D eigenvalue weighted by Gasteiger charge is -2.17. The number of hydrogen-bond acceptors (Lipinski definition) is 4. The van der Waals surface area contributed by atoms with Crippen LogP contribution in [-0.4, -0.2) is 28.3 Å². The van der Waals surface area contributed by atoms with Crippen LogP contribution in [0.2, 0.25) is 0 Å². The summed E-state index contributed by atoms with van der Waals surface area (Å²) in [4.78, 5) is 25.3. The molecule has 1 atom stereocenters. The van der Waals surface area contributed by atoms with Crippen molar-refractivity contribution in [1.82, 2.24) is 15.1 Å². The molecule has 0 saturated heterocycles. The molecule has 1 amide bonds. The van der Waals surface area contributed by atoms with Crippen LogP contribution in [0.4, 0.5) is 0 Å². The van der Waals surface area contributed by atoms with Crippen molar-refractivity contribution >= 4 is 18.0 Å². The van der Waals surface area contributed by atoms with Gasteiger partial charge in [0.15, 0.2) is 6.04 Å². The van der Waals surface area contributed by atoms with E-state index in [1.807, 2.05) is 74.5 Å². The molecule has 0 fully saturated rings. The maximum Gasteiger partial charge on any atom is 0.333 e. The predicted molar refractivity (Wildman–Crippen MR) is 116 cm³/mol. The molecule has 1 aromatic heterocycles. The quantitative estimate of drug-likeness (QED) is 0.479. The molecule has 0 saturated carbocycles. The number of aryl methyl sites for hydroxylation is 1. The Morgan fingerprint density at radius 3 is 2.33 bits per heavy atom. The molecule has 3 rings (SSSR count). The number of nitrogens with one attached hydrogen (secondary N) is 1. The third kappa shape index (κ3) is 4.84. The normalized spacial score (nSPS) is 12.0. The van der Waals surface area contributed by atoms with E-state index >= 15 is 0 Å². The highest BCUT2D eigenvalue weighted by molar-refractivity contribution is 5.95. The lowest BCUT2D eigenvalue weighted by molar-refractivity contribution is -0.147. The summed E-state index contributed by atoms with van der Waals surface area (Å²) in [5.41, 5.74) is 3.83. The Hall–Kier alpha value is -3.67. The summed E-state index contributed by atoms with van der Waals surface area (Å²) in [6.45, 7) is 5.65.